The molecule has 0 atom stereocenters. The summed E-state index contributed by atoms with van der Waals surface area (Å²) in [5, 5.41) is 1.04. The first-order valence-corrected chi connectivity index (χ1v) is 9.30. The minimum absolute atomic E-state index is 0.255. The van der Waals surface area contributed by atoms with Gasteiger partial charge in [-0.05, 0) is 48.5 Å². The van der Waals surface area contributed by atoms with E-state index in [1.807, 2.05) is 42.5 Å². The van der Waals surface area contributed by atoms with Crippen molar-refractivity contribution in [3.63, 3.8) is 0 Å². The molecule has 7 heteroatoms. The van der Waals surface area contributed by atoms with Crippen molar-refractivity contribution in [2.45, 2.75) is 0 Å². The standard InChI is InChI=1S/C22H16ClN3O3/c23-16-10-12-17(13-11-16)29-14-20(27)25-26-21(15-6-2-1-3-7-15)24-19-9-5-4-8-18(19)22(26)28/h1-13H,14H2,(H,25,27)/p+1. The van der Waals surface area contributed by atoms with Crippen LogP contribution in [-0.2, 0) is 4.79 Å². The fraction of sp³-hybridized carbons (Fsp3) is 0.0455. The van der Waals surface area contributed by atoms with Crippen LogP contribution >= 0.6 is 11.6 Å². The number of aromatic nitrogens is 2. The van der Waals surface area contributed by atoms with E-state index in [-0.39, 0.29) is 12.2 Å². The Morgan fingerprint density at radius 2 is 1.66 bits per heavy atom. The van der Waals surface area contributed by atoms with Crippen molar-refractivity contribution >= 4 is 28.4 Å². The van der Waals surface area contributed by atoms with Crippen LogP contribution < -0.4 is 20.7 Å². The molecular formula is C22H17ClN3O3+. The number of carbonyl (C=O) groups excluding carboxylic acids is 1. The van der Waals surface area contributed by atoms with Crippen molar-refractivity contribution in [3.8, 4) is 17.1 Å². The van der Waals surface area contributed by atoms with Gasteiger partial charge >= 0.3 is 11.4 Å². The van der Waals surface area contributed by atoms with Gasteiger partial charge in [0.2, 0.25) is 0 Å². The molecule has 0 fully saturated rings. The summed E-state index contributed by atoms with van der Waals surface area (Å²) in [6.07, 6.45) is 0. The van der Waals surface area contributed by atoms with Crippen molar-refractivity contribution < 1.29 is 14.5 Å². The van der Waals surface area contributed by atoms with Gasteiger partial charge < -0.3 is 4.74 Å². The monoisotopic (exact) mass is 406 g/mol. The maximum absolute atomic E-state index is 13.0. The summed E-state index contributed by atoms with van der Waals surface area (Å²) >= 11 is 5.85. The minimum atomic E-state index is -0.470. The summed E-state index contributed by atoms with van der Waals surface area (Å²) in [5.74, 6) is 0.502. The van der Waals surface area contributed by atoms with E-state index in [2.05, 4.69) is 10.4 Å². The van der Waals surface area contributed by atoms with E-state index < -0.39 is 5.91 Å². The van der Waals surface area contributed by atoms with E-state index in [0.717, 1.165) is 5.56 Å². The zero-order valence-electron chi connectivity index (χ0n) is 15.3. The molecule has 4 aromatic rings. The number of halogens is 1. The Balaban J connectivity index is 1.66. The summed E-state index contributed by atoms with van der Waals surface area (Å²) in [5.41, 5.74) is 3.74. The topological polar surface area (TPSA) is 74.5 Å². The van der Waals surface area contributed by atoms with E-state index >= 15 is 0 Å². The summed E-state index contributed by atoms with van der Waals surface area (Å²) in [6.45, 7) is -0.255. The Hall–Kier alpha value is -3.64. The lowest BCUT2D eigenvalue weighted by Crippen LogP contribution is -2.40. The van der Waals surface area contributed by atoms with Gasteiger partial charge in [-0.15, -0.1) is 0 Å². The van der Waals surface area contributed by atoms with E-state index in [1.165, 1.54) is 4.68 Å². The summed E-state index contributed by atoms with van der Waals surface area (Å²) in [4.78, 5) is 28.8. The third kappa shape index (κ3) is 4.12. The predicted molar refractivity (Wildman–Crippen MR) is 112 cm³/mol. The minimum Gasteiger partial charge on any atom is -0.484 e. The first-order valence-electron chi connectivity index (χ1n) is 8.92. The largest absolute Gasteiger partial charge is 0.484 e. The molecule has 1 amide bonds. The number of rotatable bonds is 5. The molecule has 0 aliphatic rings. The Kier molecular flexibility index (Phi) is 5.27. The molecule has 1 heterocycles. The van der Waals surface area contributed by atoms with Crippen molar-refractivity contribution in [2.75, 3.05) is 12.0 Å². The van der Waals surface area contributed by atoms with E-state index in [0.29, 0.717) is 27.5 Å². The van der Waals surface area contributed by atoms with Gasteiger partial charge in [-0.2, -0.15) is 5.43 Å². The molecule has 29 heavy (non-hydrogen) atoms. The fourth-order valence-corrected chi connectivity index (χ4v) is 3.05. The van der Waals surface area contributed by atoms with Crippen LogP contribution in [-0.4, -0.2) is 17.2 Å². The van der Waals surface area contributed by atoms with E-state index in [9.17, 15) is 9.59 Å². The highest BCUT2D eigenvalue weighted by molar-refractivity contribution is 6.30. The zero-order chi connectivity index (χ0) is 20.2. The number of para-hydroxylation sites is 1. The van der Waals surface area contributed by atoms with Gasteiger partial charge in [0.25, 0.3) is 5.91 Å². The molecule has 0 radical (unpaired) electrons. The number of hydrogen-bond donors (Lipinski definition) is 1. The number of carbonyl (C=O) groups is 1. The number of amides is 1. The first-order chi connectivity index (χ1) is 14.1. The molecule has 0 aliphatic carbocycles. The second kappa shape index (κ2) is 8.16. The maximum Gasteiger partial charge on any atom is 0.369 e. The van der Waals surface area contributed by atoms with Gasteiger partial charge in [0.15, 0.2) is 6.61 Å². The molecule has 6 nitrogen and oxygen atoms in total. The Labute approximate surface area is 171 Å². The van der Waals surface area contributed by atoms with Crippen LogP contribution in [0, 0.1) is 0 Å². The van der Waals surface area contributed by atoms with Crippen LogP contribution in [0.5, 0.6) is 5.75 Å². The van der Waals surface area contributed by atoms with E-state index in [1.54, 1.807) is 36.4 Å². The fourth-order valence-electron chi connectivity index (χ4n) is 2.92. The summed E-state index contributed by atoms with van der Waals surface area (Å²) in [7, 11) is 0. The Morgan fingerprint density at radius 1 is 0.966 bits per heavy atom. The number of nitrogens with zero attached hydrogens (tertiary/aromatic N) is 1. The van der Waals surface area contributed by atoms with E-state index in [4.69, 9.17) is 16.3 Å². The van der Waals surface area contributed by atoms with Crippen molar-refractivity contribution in [1.82, 2.24) is 4.68 Å². The van der Waals surface area contributed by atoms with Gasteiger partial charge in [-0.25, -0.2) is 9.78 Å². The molecular weight excluding hydrogens is 390 g/mol. The second-order valence-electron chi connectivity index (χ2n) is 6.30. The number of aromatic amines is 1. The lowest BCUT2D eigenvalue weighted by molar-refractivity contribution is -0.337. The smallest absolute Gasteiger partial charge is 0.369 e. The number of hydrogen-bond acceptors (Lipinski definition) is 3. The van der Waals surface area contributed by atoms with Crippen LogP contribution in [0.4, 0.5) is 0 Å². The average molecular weight is 407 g/mol. The SMILES string of the molecule is O=C(COc1ccc(Cl)cc1)Nn1c(-c2ccccc2)[nH+]c2ccccc2c1=O. The molecule has 2 N–H and O–H groups in total. The predicted octanol–water partition coefficient (Wildman–Crippen LogP) is 3.29. The van der Waals surface area contributed by atoms with Gasteiger partial charge in [0, 0.05) is 5.02 Å². The molecule has 0 bridgehead atoms. The van der Waals surface area contributed by atoms with Crippen LogP contribution in [0.3, 0.4) is 0 Å². The molecule has 0 spiro atoms. The quantitative estimate of drug-likeness (QED) is 0.552. The number of ether oxygens (including phenoxy) is 1. The van der Waals surface area contributed by atoms with Crippen molar-refractivity contribution in [3.05, 3.63) is 94.2 Å². The van der Waals surface area contributed by atoms with Crippen molar-refractivity contribution in [1.29, 1.82) is 0 Å². The Bertz CT molecular complexity index is 1220. The van der Waals surface area contributed by atoms with Gasteiger partial charge in [-0.3, -0.25) is 4.79 Å². The zero-order valence-corrected chi connectivity index (χ0v) is 16.0. The van der Waals surface area contributed by atoms with Gasteiger partial charge in [0.1, 0.15) is 16.7 Å². The van der Waals surface area contributed by atoms with Gasteiger partial charge in [-0.1, -0.05) is 46.6 Å². The molecule has 144 valence electrons. The molecule has 4 rings (SSSR count). The van der Waals surface area contributed by atoms with Crippen LogP contribution in [0.2, 0.25) is 5.02 Å². The normalized spacial score (nSPS) is 10.7. The van der Waals surface area contributed by atoms with Crippen molar-refractivity contribution in [2.24, 2.45) is 0 Å². The second-order valence-corrected chi connectivity index (χ2v) is 6.74. The first kappa shape index (κ1) is 18.7. The number of fused-ring (bicyclic) bond motifs is 1. The summed E-state index contributed by atoms with van der Waals surface area (Å²) in [6, 6.07) is 23.1. The highest BCUT2D eigenvalue weighted by Gasteiger charge is 2.22. The molecule has 1 aromatic heterocycles. The van der Waals surface area contributed by atoms with Crippen LogP contribution in [0.1, 0.15) is 0 Å². The van der Waals surface area contributed by atoms with Gasteiger partial charge in [0.05, 0.1) is 5.56 Å². The lowest BCUT2D eigenvalue weighted by atomic mass is 10.2. The Morgan fingerprint density at radius 3 is 2.41 bits per heavy atom. The third-order valence-corrected chi connectivity index (χ3v) is 4.56. The third-order valence-electron chi connectivity index (χ3n) is 4.30. The highest BCUT2D eigenvalue weighted by atomic mass is 35.5. The number of benzene rings is 3. The lowest BCUT2D eigenvalue weighted by Gasteiger charge is -2.09. The van der Waals surface area contributed by atoms with Crippen LogP contribution in [0.25, 0.3) is 22.3 Å². The highest BCUT2D eigenvalue weighted by Crippen LogP contribution is 2.16. The molecule has 0 saturated carbocycles. The van der Waals surface area contributed by atoms with Crippen LogP contribution in [0.15, 0.2) is 83.7 Å². The number of nitrogens with one attached hydrogen (secondary N) is 2. The number of H-pyrrole nitrogens is 1. The maximum atomic E-state index is 13.0. The average Bonchev–Trinajstić information content (AvgIpc) is 2.76. The molecule has 0 saturated heterocycles. The summed E-state index contributed by atoms with van der Waals surface area (Å²) < 4.78 is 6.69. The molecule has 0 unspecified atom stereocenters. The molecule has 0 aliphatic heterocycles. The molecule has 3 aromatic carbocycles.